The fourth-order valence-electron chi connectivity index (χ4n) is 2.86. The monoisotopic (exact) mass is 403 g/mol. The third kappa shape index (κ3) is 5.25. The number of hydrogen-bond acceptors (Lipinski definition) is 4. The van der Waals surface area contributed by atoms with E-state index in [1.807, 2.05) is 41.3 Å². The van der Waals surface area contributed by atoms with Crippen LogP contribution in [0.5, 0.6) is 0 Å². The number of anilines is 1. The van der Waals surface area contributed by atoms with Gasteiger partial charge in [0.1, 0.15) is 0 Å². The Labute approximate surface area is 168 Å². The normalized spacial score (nSPS) is 14.9. The highest BCUT2D eigenvalue weighted by molar-refractivity contribution is 7.99. The lowest BCUT2D eigenvalue weighted by Crippen LogP contribution is -2.47. The molecule has 0 aliphatic carbocycles. The largest absolute Gasteiger partial charge is 0.336 e. The van der Waals surface area contributed by atoms with Crippen molar-refractivity contribution in [3.8, 4) is 0 Å². The molecule has 5 nitrogen and oxygen atoms in total. The van der Waals surface area contributed by atoms with Gasteiger partial charge in [0.25, 0.3) is 5.91 Å². The zero-order valence-electron chi connectivity index (χ0n) is 15.4. The molecule has 142 valence electrons. The maximum absolute atomic E-state index is 12.8. The Bertz CT molecular complexity index is 834. The Kier molecular flexibility index (Phi) is 6.42. The lowest BCUT2D eigenvalue weighted by molar-refractivity contribution is -0.114. The fourth-order valence-corrected chi connectivity index (χ4v) is 3.87. The van der Waals surface area contributed by atoms with Crippen LogP contribution in [0, 0.1) is 0 Å². The summed E-state index contributed by atoms with van der Waals surface area (Å²) in [5, 5.41) is 3.52. The number of carbonyl (C=O) groups is 2. The Morgan fingerprint density at radius 3 is 2.33 bits per heavy atom. The van der Waals surface area contributed by atoms with Crippen molar-refractivity contribution < 1.29 is 9.59 Å². The van der Waals surface area contributed by atoms with Gasteiger partial charge in [-0.15, -0.1) is 0 Å². The van der Waals surface area contributed by atoms with Crippen LogP contribution in [0.25, 0.3) is 0 Å². The van der Waals surface area contributed by atoms with Gasteiger partial charge in [-0.25, -0.2) is 0 Å². The minimum atomic E-state index is -0.169. The van der Waals surface area contributed by atoms with Crippen LogP contribution in [-0.2, 0) is 4.79 Å². The van der Waals surface area contributed by atoms with Crippen molar-refractivity contribution in [1.82, 2.24) is 9.80 Å². The van der Waals surface area contributed by atoms with E-state index < -0.39 is 0 Å². The Hall–Kier alpha value is -2.02. The molecular weight excluding hydrogens is 382 g/mol. The summed E-state index contributed by atoms with van der Waals surface area (Å²) in [6.45, 7) is 4.63. The molecule has 0 bridgehead atoms. The second kappa shape index (κ2) is 8.78. The minimum Gasteiger partial charge on any atom is -0.336 e. The molecule has 0 aromatic heterocycles. The highest BCUT2D eigenvalue weighted by atomic mass is 35.5. The molecule has 1 saturated heterocycles. The highest BCUT2D eigenvalue weighted by Crippen LogP contribution is 2.35. The van der Waals surface area contributed by atoms with E-state index in [1.165, 1.54) is 18.7 Å². The highest BCUT2D eigenvalue weighted by Gasteiger charge is 2.21. The van der Waals surface area contributed by atoms with Gasteiger partial charge in [0.15, 0.2) is 0 Å². The summed E-state index contributed by atoms with van der Waals surface area (Å²) in [4.78, 5) is 30.4. The molecule has 0 spiro atoms. The van der Waals surface area contributed by atoms with Crippen molar-refractivity contribution in [2.24, 2.45) is 0 Å². The molecule has 1 aliphatic heterocycles. The van der Waals surface area contributed by atoms with Crippen LogP contribution >= 0.6 is 23.4 Å². The predicted molar refractivity (Wildman–Crippen MR) is 110 cm³/mol. The third-order valence-corrected chi connectivity index (χ3v) is 5.70. The number of benzene rings is 2. The van der Waals surface area contributed by atoms with Crippen LogP contribution in [0.3, 0.4) is 0 Å². The SMILES string of the molecule is CC(=O)Nc1cc(C(=O)N2CCN(C)CC2)ccc1Sc1ccc(Cl)cc1. The van der Waals surface area contributed by atoms with Gasteiger partial charge >= 0.3 is 0 Å². The first kappa shape index (κ1) is 19.7. The first-order chi connectivity index (χ1) is 12.9. The molecule has 1 aliphatic rings. The Morgan fingerprint density at radius 1 is 1.04 bits per heavy atom. The molecule has 2 aromatic rings. The van der Waals surface area contributed by atoms with Crippen molar-refractivity contribution in [2.75, 3.05) is 38.5 Å². The van der Waals surface area contributed by atoms with Crippen molar-refractivity contribution in [1.29, 1.82) is 0 Å². The second-order valence-electron chi connectivity index (χ2n) is 6.54. The number of piperazine rings is 1. The third-order valence-electron chi connectivity index (χ3n) is 4.37. The number of carbonyl (C=O) groups excluding carboxylic acids is 2. The van der Waals surface area contributed by atoms with E-state index in [2.05, 4.69) is 17.3 Å². The molecule has 0 saturated carbocycles. The number of halogens is 1. The molecule has 7 heteroatoms. The summed E-state index contributed by atoms with van der Waals surface area (Å²) in [6, 6.07) is 13.0. The molecule has 1 fully saturated rings. The Morgan fingerprint density at radius 2 is 1.70 bits per heavy atom. The minimum absolute atomic E-state index is 0.00209. The molecule has 1 N–H and O–H groups in total. The van der Waals surface area contributed by atoms with Gasteiger partial charge in [0.05, 0.1) is 5.69 Å². The van der Waals surface area contributed by atoms with Crippen molar-refractivity contribution in [2.45, 2.75) is 16.7 Å². The van der Waals surface area contributed by atoms with E-state index in [9.17, 15) is 9.59 Å². The number of hydrogen-bond donors (Lipinski definition) is 1. The fraction of sp³-hybridized carbons (Fsp3) is 0.300. The summed E-state index contributed by atoms with van der Waals surface area (Å²) in [7, 11) is 2.06. The summed E-state index contributed by atoms with van der Waals surface area (Å²) in [5.74, 6) is -0.171. The van der Waals surface area contributed by atoms with E-state index in [0.29, 0.717) is 29.4 Å². The standard InChI is InChI=1S/C20H22ClN3O2S/c1-14(25)22-18-13-15(20(26)24-11-9-23(2)10-12-24)3-8-19(18)27-17-6-4-16(21)5-7-17/h3-8,13H,9-12H2,1-2H3,(H,22,25). The van der Waals surface area contributed by atoms with Gasteiger partial charge < -0.3 is 15.1 Å². The van der Waals surface area contributed by atoms with Crippen LogP contribution in [-0.4, -0.2) is 54.8 Å². The van der Waals surface area contributed by atoms with Crippen LogP contribution in [0.2, 0.25) is 5.02 Å². The average Bonchev–Trinajstić information content (AvgIpc) is 2.64. The van der Waals surface area contributed by atoms with Gasteiger partial charge in [-0.3, -0.25) is 9.59 Å². The van der Waals surface area contributed by atoms with E-state index in [0.717, 1.165) is 22.9 Å². The van der Waals surface area contributed by atoms with E-state index in [1.54, 1.807) is 6.07 Å². The lowest BCUT2D eigenvalue weighted by Gasteiger charge is -2.32. The number of nitrogens with zero attached hydrogens (tertiary/aromatic N) is 2. The molecular formula is C20H22ClN3O2S. The molecule has 0 unspecified atom stereocenters. The molecule has 0 atom stereocenters. The number of likely N-dealkylation sites (N-methyl/N-ethyl adjacent to an activating group) is 1. The maximum atomic E-state index is 12.8. The number of nitrogens with one attached hydrogen (secondary N) is 1. The number of rotatable bonds is 4. The van der Waals surface area contributed by atoms with Gasteiger partial charge in [-0.1, -0.05) is 23.4 Å². The molecule has 27 heavy (non-hydrogen) atoms. The molecule has 0 radical (unpaired) electrons. The van der Waals surface area contributed by atoms with Gasteiger partial charge in [0, 0.05) is 53.5 Å². The van der Waals surface area contributed by atoms with E-state index in [-0.39, 0.29) is 11.8 Å². The van der Waals surface area contributed by atoms with Crippen molar-refractivity contribution >= 4 is 40.9 Å². The molecule has 1 heterocycles. The van der Waals surface area contributed by atoms with E-state index in [4.69, 9.17) is 11.6 Å². The van der Waals surface area contributed by atoms with Gasteiger partial charge in [-0.05, 0) is 49.5 Å². The van der Waals surface area contributed by atoms with Gasteiger partial charge in [0.2, 0.25) is 5.91 Å². The summed E-state index contributed by atoms with van der Waals surface area (Å²) in [6.07, 6.45) is 0. The lowest BCUT2D eigenvalue weighted by atomic mass is 10.1. The van der Waals surface area contributed by atoms with Crippen molar-refractivity contribution in [3.05, 3.63) is 53.1 Å². The molecule has 3 rings (SSSR count). The zero-order chi connectivity index (χ0) is 19.4. The summed E-state index contributed by atoms with van der Waals surface area (Å²) < 4.78 is 0. The van der Waals surface area contributed by atoms with Gasteiger partial charge in [-0.2, -0.15) is 0 Å². The zero-order valence-corrected chi connectivity index (χ0v) is 16.9. The molecule has 2 aromatic carbocycles. The average molecular weight is 404 g/mol. The quantitative estimate of drug-likeness (QED) is 0.842. The van der Waals surface area contributed by atoms with Crippen LogP contribution < -0.4 is 5.32 Å². The first-order valence-electron chi connectivity index (χ1n) is 8.75. The number of amides is 2. The molecule has 2 amide bonds. The van der Waals surface area contributed by atoms with E-state index >= 15 is 0 Å². The maximum Gasteiger partial charge on any atom is 0.254 e. The summed E-state index contributed by atoms with van der Waals surface area (Å²) in [5.41, 5.74) is 1.23. The topological polar surface area (TPSA) is 52.7 Å². The first-order valence-corrected chi connectivity index (χ1v) is 9.95. The second-order valence-corrected chi connectivity index (χ2v) is 8.10. The van der Waals surface area contributed by atoms with Crippen molar-refractivity contribution in [3.63, 3.8) is 0 Å². The predicted octanol–water partition coefficient (Wildman–Crippen LogP) is 3.84. The van der Waals surface area contributed by atoms with Crippen LogP contribution in [0.1, 0.15) is 17.3 Å². The van der Waals surface area contributed by atoms with Crippen LogP contribution in [0.15, 0.2) is 52.3 Å². The Balaban J connectivity index is 1.83. The van der Waals surface area contributed by atoms with Crippen LogP contribution in [0.4, 0.5) is 5.69 Å². The smallest absolute Gasteiger partial charge is 0.254 e. The summed E-state index contributed by atoms with van der Waals surface area (Å²) >= 11 is 7.46.